The second kappa shape index (κ2) is 8.97. The van der Waals surface area contributed by atoms with Crippen molar-refractivity contribution in [1.29, 1.82) is 0 Å². The number of nitrogens with zero attached hydrogens (tertiary/aromatic N) is 1. The zero-order chi connectivity index (χ0) is 21.1. The zero-order valence-corrected chi connectivity index (χ0v) is 17.5. The molecule has 1 fully saturated rings. The summed E-state index contributed by atoms with van der Waals surface area (Å²) >= 11 is 6.26. The first-order chi connectivity index (χ1) is 14.5. The molecule has 3 heterocycles. The number of halogens is 1. The molecular formula is C21H24ClN3O5. The Labute approximate surface area is 179 Å². The van der Waals surface area contributed by atoms with Crippen LogP contribution in [0.15, 0.2) is 28.7 Å². The standard InChI is InChI=1S/C21H24ClN3O5/c1-13-2-3-17(30-13)21(27)23-14-4-6-25(7-5-14)12-20(26)24-16-11-19-18(10-15(16)22)28-8-9-29-19/h2-3,10-11,14H,4-9,12H2,1H3,(H,23,27)(H,24,26). The van der Waals surface area contributed by atoms with E-state index in [1.165, 1.54) is 0 Å². The minimum atomic E-state index is -0.201. The fraction of sp³-hybridized carbons (Fsp3) is 0.429. The molecule has 8 nitrogen and oxygen atoms in total. The number of hydrogen-bond acceptors (Lipinski definition) is 6. The van der Waals surface area contributed by atoms with Gasteiger partial charge in [-0.05, 0) is 31.9 Å². The molecule has 9 heteroatoms. The predicted molar refractivity (Wildman–Crippen MR) is 111 cm³/mol. The third-order valence-electron chi connectivity index (χ3n) is 5.16. The van der Waals surface area contributed by atoms with Crippen molar-refractivity contribution in [3.8, 4) is 11.5 Å². The van der Waals surface area contributed by atoms with Crippen molar-refractivity contribution in [2.75, 3.05) is 38.2 Å². The topological polar surface area (TPSA) is 93.0 Å². The molecule has 160 valence electrons. The zero-order valence-electron chi connectivity index (χ0n) is 16.7. The van der Waals surface area contributed by atoms with E-state index in [0.29, 0.717) is 60.0 Å². The number of piperidine rings is 1. The third-order valence-corrected chi connectivity index (χ3v) is 5.47. The first-order valence-corrected chi connectivity index (χ1v) is 10.3. The van der Waals surface area contributed by atoms with Gasteiger partial charge in [0.2, 0.25) is 5.91 Å². The molecule has 1 aromatic carbocycles. The summed E-state index contributed by atoms with van der Waals surface area (Å²) < 4.78 is 16.4. The summed E-state index contributed by atoms with van der Waals surface area (Å²) in [5.41, 5.74) is 0.502. The second-order valence-corrected chi connectivity index (χ2v) is 7.87. The Hall–Kier alpha value is -2.71. The minimum Gasteiger partial charge on any atom is -0.486 e. The predicted octanol–water partition coefficient (Wildman–Crippen LogP) is 2.85. The molecule has 0 bridgehead atoms. The highest BCUT2D eigenvalue weighted by Crippen LogP contribution is 2.37. The monoisotopic (exact) mass is 433 g/mol. The maximum Gasteiger partial charge on any atom is 0.287 e. The first-order valence-electron chi connectivity index (χ1n) is 9.96. The molecule has 2 aromatic rings. The van der Waals surface area contributed by atoms with Gasteiger partial charge in [-0.25, -0.2) is 0 Å². The number of rotatable bonds is 5. The van der Waals surface area contributed by atoms with Crippen LogP contribution >= 0.6 is 11.6 Å². The van der Waals surface area contributed by atoms with Gasteiger partial charge in [-0.2, -0.15) is 0 Å². The molecule has 2 N–H and O–H groups in total. The largest absolute Gasteiger partial charge is 0.486 e. The Balaban J connectivity index is 1.25. The van der Waals surface area contributed by atoms with Crippen molar-refractivity contribution in [2.24, 2.45) is 0 Å². The summed E-state index contributed by atoms with van der Waals surface area (Å²) in [5, 5.41) is 6.24. The van der Waals surface area contributed by atoms with Crippen LogP contribution in [-0.2, 0) is 4.79 Å². The molecule has 2 amide bonds. The number of carbonyl (C=O) groups is 2. The lowest BCUT2D eigenvalue weighted by Gasteiger charge is -2.31. The van der Waals surface area contributed by atoms with Crippen LogP contribution in [0.25, 0.3) is 0 Å². The van der Waals surface area contributed by atoms with E-state index in [-0.39, 0.29) is 24.4 Å². The highest BCUT2D eigenvalue weighted by atomic mass is 35.5. The van der Waals surface area contributed by atoms with Gasteiger partial charge in [-0.15, -0.1) is 0 Å². The maximum absolute atomic E-state index is 12.5. The van der Waals surface area contributed by atoms with Crippen molar-refractivity contribution in [3.05, 3.63) is 40.8 Å². The van der Waals surface area contributed by atoms with Crippen LogP contribution < -0.4 is 20.1 Å². The molecule has 0 atom stereocenters. The first kappa shape index (κ1) is 20.6. The molecule has 0 radical (unpaired) electrons. The Morgan fingerprint density at radius 3 is 2.50 bits per heavy atom. The SMILES string of the molecule is Cc1ccc(C(=O)NC2CCN(CC(=O)Nc3cc4c(cc3Cl)OCCO4)CC2)o1. The number of likely N-dealkylation sites (tertiary alicyclic amines) is 1. The molecule has 30 heavy (non-hydrogen) atoms. The number of fused-ring (bicyclic) bond motifs is 1. The van der Waals surface area contributed by atoms with Crippen LogP contribution in [0.1, 0.15) is 29.2 Å². The van der Waals surface area contributed by atoms with E-state index < -0.39 is 0 Å². The fourth-order valence-electron chi connectivity index (χ4n) is 3.60. The van der Waals surface area contributed by atoms with E-state index in [0.717, 1.165) is 12.8 Å². The summed E-state index contributed by atoms with van der Waals surface area (Å²) in [6.45, 7) is 4.43. The van der Waals surface area contributed by atoms with Gasteiger partial charge < -0.3 is 24.5 Å². The molecule has 0 saturated carbocycles. The number of nitrogens with one attached hydrogen (secondary N) is 2. The second-order valence-electron chi connectivity index (χ2n) is 7.46. The van der Waals surface area contributed by atoms with Gasteiger partial charge in [0.05, 0.1) is 17.3 Å². The molecular weight excluding hydrogens is 410 g/mol. The summed E-state index contributed by atoms with van der Waals surface area (Å²) in [4.78, 5) is 26.7. The average Bonchev–Trinajstić information content (AvgIpc) is 3.16. The smallest absolute Gasteiger partial charge is 0.287 e. The van der Waals surface area contributed by atoms with E-state index >= 15 is 0 Å². The van der Waals surface area contributed by atoms with Gasteiger partial charge in [0.15, 0.2) is 17.3 Å². The van der Waals surface area contributed by atoms with Crippen molar-refractivity contribution in [1.82, 2.24) is 10.2 Å². The van der Waals surface area contributed by atoms with Gasteiger partial charge in [0, 0.05) is 31.3 Å². The van der Waals surface area contributed by atoms with Crippen LogP contribution in [0.3, 0.4) is 0 Å². The Morgan fingerprint density at radius 2 is 1.83 bits per heavy atom. The molecule has 2 aliphatic rings. The van der Waals surface area contributed by atoms with Gasteiger partial charge in [-0.3, -0.25) is 14.5 Å². The molecule has 4 rings (SSSR count). The molecule has 2 aliphatic heterocycles. The Kier molecular flexibility index (Phi) is 6.15. The number of anilines is 1. The van der Waals surface area contributed by atoms with Crippen molar-refractivity contribution >= 4 is 29.1 Å². The molecule has 1 saturated heterocycles. The van der Waals surface area contributed by atoms with Crippen molar-refractivity contribution < 1.29 is 23.5 Å². The lowest BCUT2D eigenvalue weighted by Crippen LogP contribution is -2.46. The van der Waals surface area contributed by atoms with Crippen LogP contribution in [-0.4, -0.2) is 55.6 Å². The summed E-state index contributed by atoms with van der Waals surface area (Å²) in [6, 6.07) is 6.85. The number of aryl methyl sites for hydroxylation is 1. The Bertz CT molecular complexity index is 937. The number of benzene rings is 1. The van der Waals surface area contributed by atoms with Gasteiger partial charge in [0.25, 0.3) is 5.91 Å². The van der Waals surface area contributed by atoms with E-state index in [1.807, 2.05) is 0 Å². The highest BCUT2D eigenvalue weighted by molar-refractivity contribution is 6.34. The molecule has 0 aliphatic carbocycles. The van der Waals surface area contributed by atoms with Crippen molar-refractivity contribution in [2.45, 2.75) is 25.8 Å². The molecule has 1 aromatic heterocycles. The van der Waals surface area contributed by atoms with E-state index in [2.05, 4.69) is 15.5 Å². The maximum atomic E-state index is 12.5. The lowest BCUT2D eigenvalue weighted by atomic mass is 10.0. The van der Waals surface area contributed by atoms with Gasteiger partial charge in [-0.1, -0.05) is 11.6 Å². The number of furan rings is 1. The lowest BCUT2D eigenvalue weighted by molar-refractivity contribution is -0.117. The van der Waals surface area contributed by atoms with E-state index in [1.54, 1.807) is 31.2 Å². The fourth-order valence-corrected chi connectivity index (χ4v) is 3.80. The van der Waals surface area contributed by atoms with Crippen LogP contribution in [0.4, 0.5) is 5.69 Å². The summed E-state index contributed by atoms with van der Waals surface area (Å²) in [5.74, 6) is 1.83. The number of ether oxygens (including phenoxy) is 2. The van der Waals surface area contributed by atoms with Gasteiger partial charge in [0.1, 0.15) is 19.0 Å². The number of amides is 2. The van der Waals surface area contributed by atoms with E-state index in [4.69, 9.17) is 25.5 Å². The van der Waals surface area contributed by atoms with Crippen molar-refractivity contribution in [3.63, 3.8) is 0 Å². The number of hydrogen-bond donors (Lipinski definition) is 2. The summed E-state index contributed by atoms with van der Waals surface area (Å²) in [6.07, 6.45) is 1.53. The average molecular weight is 434 g/mol. The van der Waals surface area contributed by atoms with Crippen LogP contribution in [0.5, 0.6) is 11.5 Å². The highest BCUT2D eigenvalue weighted by Gasteiger charge is 2.24. The molecule has 0 unspecified atom stereocenters. The number of carbonyl (C=O) groups excluding carboxylic acids is 2. The molecule has 0 spiro atoms. The van der Waals surface area contributed by atoms with Gasteiger partial charge >= 0.3 is 0 Å². The minimum absolute atomic E-state index is 0.0643. The quantitative estimate of drug-likeness (QED) is 0.753. The van der Waals surface area contributed by atoms with Crippen LogP contribution in [0.2, 0.25) is 5.02 Å². The normalized spacial score (nSPS) is 16.9. The van der Waals surface area contributed by atoms with E-state index in [9.17, 15) is 9.59 Å². The van der Waals surface area contributed by atoms with Crippen LogP contribution in [0, 0.1) is 6.92 Å². The summed E-state index contributed by atoms with van der Waals surface area (Å²) in [7, 11) is 0. The third kappa shape index (κ3) is 4.88. The Morgan fingerprint density at radius 1 is 1.13 bits per heavy atom.